The summed E-state index contributed by atoms with van der Waals surface area (Å²) in [5.74, 6) is 6.15. The molecule has 2 rings (SSSR count). The highest BCUT2D eigenvalue weighted by molar-refractivity contribution is 8.00. The van der Waals surface area contributed by atoms with Crippen molar-refractivity contribution < 1.29 is 4.79 Å². The molecule has 0 aliphatic rings. The van der Waals surface area contributed by atoms with Crippen molar-refractivity contribution in [3.8, 4) is 6.07 Å². The van der Waals surface area contributed by atoms with Gasteiger partial charge < -0.3 is 11.2 Å². The molecule has 108 valence electrons. The van der Waals surface area contributed by atoms with E-state index in [1.54, 1.807) is 38.1 Å². The summed E-state index contributed by atoms with van der Waals surface area (Å²) in [7, 11) is 0. The predicted molar refractivity (Wildman–Crippen MR) is 80.0 cm³/mol. The van der Waals surface area contributed by atoms with E-state index in [-0.39, 0.29) is 11.2 Å². The minimum atomic E-state index is -0.383. The second-order valence-electron chi connectivity index (χ2n) is 4.34. The van der Waals surface area contributed by atoms with Gasteiger partial charge in [0.15, 0.2) is 0 Å². The maximum absolute atomic E-state index is 12.1. The highest BCUT2D eigenvalue weighted by Crippen LogP contribution is 2.21. The van der Waals surface area contributed by atoms with Gasteiger partial charge in [0.1, 0.15) is 5.82 Å². The third-order valence-corrected chi connectivity index (χ3v) is 3.82. The zero-order valence-corrected chi connectivity index (χ0v) is 12.4. The van der Waals surface area contributed by atoms with Gasteiger partial charge in [-0.2, -0.15) is 5.26 Å². The molecule has 0 bridgehead atoms. The number of nitriles is 1. The summed E-state index contributed by atoms with van der Waals surface area (Å²) < 4.78 is 1.34. The van der Waals surface area contributed by atoms with E-state index in [2.05, 4.69) is 15.5 Å². The van der Waals surface area contributed by atoms with Crippen molar-refractivity contribution in [2.75, 3.05) is 11.2 Å². The number of nitrogen functional groups attached to an aromatic ring is 1. The Kier molecular flexibility index (Phi) is 4.45. The Morgan fingerprint density at radius 3 is 2.62 bits per heavy atom. The minimum absolute atomic E-state index is 0.176. The van der Waals surface area contributed by atoms with Gasteiger partial charge in [-0.1, -0.05) is 11.8 Å². The fourth-order valence-electron chi connectivity index (χ4n) is 1.51. The zero-order valence-electron chi connectivity index (χ0n) is 11.6. The number of aromatic nitrogens is 3. The molecule has 1 aromatic heterocycles. The lowest BCUT2D eigenvalue weighted by atomic mass is 10.2. The molecule has 0 radical (unpaired) electrons. The molecule has 1 aromatic carbocycles. The summed E-state index contributed by atoms with van der Waals surface area (Å²) in [5.41, 5.74) is 1.18. The molecule has 2 aromatic rings. The van der Waals surface area contributed by atoms with Crippen LogP contribution in [0.25, 0.3) is 0 Å². The Labute approximate surface area is 126 Å². The molecule has 0 aliphatic heterocycles. The van der Waals surface area contributed by atoms with Crippen molar-refractivity contribution in [1.82, 2.24) is 14.9 Å². The maximum Gasteiger partial charge on any atom is 0.237 e. The number of nitrogens with zero attached hydrogens (tertiary/aromatic N) is 4. The van der Waals surface area contributed by atoms with Crippen LogP contribution in [-0.2, 0) is 4.79 Å². The van der Waals surface area contributed by atoms with Gasteiger partial charge in [-0.3, -0.25) is 4.79 Å². The second-order valence-corrected chi connectivity index (χ2v) is 5.65. The van der Waals surface area contributed by atoms with Crippen molar-refractivity contribution in [3.63, 3.8) is 0 Å². The van der Waals surface area contributed by atoms with E-state index >= 15 is 0 Å². The molecule has 21 heavy (non-hydrogen) atoms. The Hall–Kier alpha value is -2.53. The summed E-state index contributed by atoms with van der Waals surface area (Å²) >= 11 is 1.23. The maximum atomic E-state index is 12.1. The molecule has 0 saturated carbocycles. The van der Waals surface area contributed by atoms with Crippen molar-refractivity contribution in [3.05, 3.63) is 35.7 Å². The number of hydrogen-bond acceptors (Lipinski definition) is 6. The van der Waals surface area contributed by atoms with Gasteiger partial charge in [0, 0.05) is 5.69 Å². The van der Waals surface area contributed by atoms with E-state index < -0.39 is 0 Å². The zero-order chi connectivity index (χ0) is 15.4. The fraction of sp³-hybridized carbons (Fsp3) is 0.231. The molecule has 0 spiro atoms. The SMILES string of the molecule is Cc1nnc(S[C@H](C)C(=O)Nc2ccc(C#N)cc2)n1N. The first kappa shape index (κ1) is 14.9. The topological polar surface area (TPSA) is 110 Å². The van der Waals surface area contributed by atoms with Gasteiger partial charge in [0.2, 0.25) is 11.1 Å². The molecule has 0 saturated heterocycles. The molecular formula is C13H14N6OS. The Morgan fingerprint density at radius 2 is 2.10 bits per heavy atom. The molecule has 1 heterocycles. The predicted octanol–water partition coefficient (Wildman–Crippen LogP) is 1.29. The Bertz CT molecular complexity index is 688. The van der Waals surface area contributed by atoms with Crippen molar-refractivity contribution >= 4 is 23.4 Å². The van der Waals surface area contributed by atoms with Crippen LogP contribution in [0.2, 0.25) is 0 Å². The van der Waals surface area contributed by atoms with Crippen molar-refractivity contribution in [2.24, 2.45) is 0 Å². The molecule has 3 N–H and O–H groups in total. The first-order valence-corrected chi connectivity index (χ1v) is 7.04. The monoisotopic (exact) mass is 302 g/mol. The molecule has 8 heteroatoms. The number of hydrogen-bond donors (Lipinski definition) is 2. The van der Waals surface area contributed by atoms with Gasteiger partial charge in [0.05, 0.1) is 16.9 Å². The molecule has 0 unspecified atom stereocenters. The molecular weight excluding hydrogens is 288 g/mol. The lowest BCUT2D eigenvalue weighted by Gasteiger charge is -2.11. The van der Waals surface area contributed by atoms with E-state index in [1.807, 2.05) is 6.07 Å². The van der Waals surface area contributed by atoms with Crippen LogP contribution in [0.4, 0.5) is 5.69 Å². The van der Waals surface area contributed by atoms with Crippen LogP contribution in [0.15, 0.2) is 29.4 Å². The number of carbonyl (C=O) groups excluding carboxylic acids is 1. The minimum Gasteiger partial charge on any atom is -0.336 e. The summed E-state index contributed by atoms with van der Waals surface area (Å²) in [4.78, 5) is 12.1. The number of rotatable bonds is 4. The fourth-order valence-corrected chi connectivity index (χ4v) is 2.33. The van der Waals surface area contributed by atoms with Crippen LogP contribution >= 0.6 is 11.8 Å². The van der Waals surface area contributed by atoms with Gasteiger partial charge >= 0.3 is 0 Å². The Morgan fingerprint density at radius 1 is 1.43 bits per heavy atom. The standard InChI is InChI=1S/C13H14N6OS/c1-8(21-13-18-17-9(2)19(13)15)12(20)16-11-5-3-10(7-14)4-6-11/h3-6,8H,15H2,1-2H3,(H,16,20)/t8-/m1/s1. The van der Waals surface area contributed by atoms with Crippen molar-refractivity contribution in [1.29, 1.82) is 5.26 Å². The highest BCUT2D eigenvalue weighted by Gasteiger charge is 2.18. The van der Waals surface area contributed by atoms with Gasteiger partial charge in [-0.25, -0.2) is 4.68 Å². The summed E-state index contributed by atoms with van der Waals surface area (Å²) in [6.45, 7) is 3.49. The van der Waals surface area contributed by atoms with Crippen LogP contribution in [0.3, 0.4) is 0 Å². The van der Waals surface area contributed by atoms with E-state index in [4.69, 9.17) is 11.1 Å². The number of nitrogens with two attached hydrogens (primary N) is 1. The largest absolute Gasteiger partial charge is 0.336 e. The Balaban J connectivity index is 1.99. The van der Waals surface area contributed by atoms with E-state index in [0.29, 0.717) is 22.2 Å². The first-order chi connectivity index (χ1) is 10.0. The normalized spacial score (nSPS) is 11.7. The van der Waals surface area contributed by atoms with Crippen LogP contribution in [-0.4, -0.2) is 26.0 Å². The van der Waals surface area contributed by atoms with Crippen LogP contribution in [0.5, 0.6) is 0 Å². The summed E-state index contributed by atoms with van der Waals surface area (Å²) in [5, 5.41) is 19.3. The van der Waals surface area contributed by atoms with Gasteiger partial charge in [-0.05, 0) is 38.1 Å². The molecule has 7 nitrogen and oxygen atoms in total. The summed E-state index contributed by atoms with van der Waals surface area (Å²) in [6.07, 6.45) is 0. The number of aryl methyl sites for hydroxylation is 1. The van der Waals surface area contributed by atoms with Crippen LogP contribution < -0.4 is 11.2 Å². The molecule has 1 amide bonds. The van der Waals surface area contributed by atoms with E-state index in [0.717, 1.165) is 0 Å². The number of thioether (sulfide) groups is 1. The average Bonchev–Trinajstić information content (AvgIpc) is 2.80. The smallest absolute Gasteiger partial charge is 0.237 e. The highest BCUT2D eigenvalue weighted by atomic mass is 32.2. The number of anilines is 1. The quantitative estimate of drug-likeness (QED) is 0.650. The molecule has 0 aliphatic carbocycles. The molecule has 0 fully saturated rings. The van der Waals surface area contributed by atoms with Crippen molar-refractivity contribution in [2.45, 2.75) is 24.3 Å². The number of nitrogens with one attached hydrogen (secondary N) is 1. The third kappa shape index (κ3) is 3.52. The summed E-state index contributed by atoms with van der Waals surface area (Å²) in [6, 6.07) is 8.68. The van der Waals surface area contributed by atoms with E-state index in [9.17, 15) is 4.79 Å². The number of benzene rings is 1. The first-order valence-electron chi connectivity index (χ1n) is 6.16. The third-order valence-electron chi connectivity index (χ3n) is 2.77. The van der Waals surface area contributed by atoms with Crippen LogP contribution in [0.1, 0.15) is 18.3 Å². The number of amides is 1. The number of carbonyl (C=O) groups is 1. The van der Waals surface area contributed by atoms with Gasteiger partial charge in [0.25, 0.3) is 0 Å². The lowest BCUT2D eigenvalue weighted by Crippen LogP contribution is -2.23. The van der Waals surface area contributed by atoms with E-state index in [1.165, 1.54) is 16.4 Å². The average molecular weight is 302 g/mol. The lowest BCUT2D eigenvalue weighted by molar-refractivity contribution is -0.115. The van der Waals surface area contributed by atoms with Gasteiger partial charge in [-0.15, -0.1) is 10.2 Å². The molecule has 1 atom stereocenters. The van der Waals surface area contributed by atoms with Crippen LogP contribution in [0, 0.1) is 18.3 Å². The second kappa shape index (κ2) is 6.28.